The number of anilines is 1. The minimum Gasteiger partial charge on any atom is -0.347 e. The molecule has 1 aliphatic heterocycles. The predicted molar refractivity (Wildman–Crippen MR) is 109 cm³/mol. The Labute approximate surface area is 170 Å². The molecule has 7 heteroatoms. The highest BCUT2D eigenvalue weighted by atomic mass is 35.5. The predicted octanol–water partition coefficient (Wildman–Crippen LogP) is 4.44. The number of halogens is 1. The Bertz CT molecular complexity index is 1120. The van der Waals surface area contributed by atoms with Crippen LogP contribution in [-0.4, -0.2) is 17.7 Å². The van der Waals surface area contributed by atoms with Gasteiger partial charge in [-0.2, -0.15) is 0 Å². The summed E-state index contributed by atoms with van der Waals surface area (Å²) in [7, 11) is 0. The number of nitrogens with one attached hydrogen (secondary N) is 1. The fraction of sp³-hybridized carbons (Fsp3) is 0.0952. The second-order valence-electron chi connectivity index (χ2n) is 6.38. The van der Waals surface area contributed by atoms with E-state index < -0.39 is 5.91 Å². The number of carbonyl (C=O) groups excluding carboxylic acids is 3. The van der Waals surface area contributed by atoms with E-state index in [-0.39, 0.29) is 17.4 Å². The second-order valence-corrected chi connectivity index (χ2v) is 8.18. The van der Waals surface area contributed by atoms with Gasteiger partial charge in [-0.15, -0.1) is 11.3 Å². The number of imide groups is 1. The van der Waals surface area contributed by atoms with E-state index in [1.807, 2.05) is 25.1 Å². The summed E-state index contributed by atoms with van der Waals surface area (Å²) in [6.45, 7) is 2.18. The number of aryl methyl sites for hydroxylation is 1. The lowest BCUT2D eigenvalue weighted by Gasteiger charge is -2.16. The molecule has 140 valence electrons. The fourth-order valence-corrected chi connectivity index (χ4v) is 4.16. The average molecular weight is 411 g/mol. The number of carbonyl (C=O) groups is 3. The molecule has 0 aliphatic carbocycles. The molecule has 28 heavy (non-hydrogen) atoms. The minimum absolute atomic E-state index is 0.236. The van der Waals surface area contributed by atoms with E-state index in [9.17, 15) is 14.4 Å². The van der Waals surface area contributed by atoms with Gasteiger partial charge in [-0.05, 0) is 48.9 Å². The van der Waals surface area contributed by atoms with Gasteiger partial charge in [0.1, 0.15) is 0 Å². The van der Waals surface area contributed by atoms with E-state index in [1.54, 1.807) is 24.3 Å². The van der Waals surface area contributed by atoms with E-state index in [4.69, 9.17) is 11.6 Å². The summed E-state index contributed by atoms with van der Waals surface area (Å²) >= 11 is 7.28. The van der Waals surface area contributed by atoms with Crippen molar-refractivity contribution in [2.75, 3.05) is 4.90 Å². The molecule has 1 aliphatic rings. The number of thiophene rings is 1. The summed E-state index contributed by atoms with van der Waals surface area (Å²) in [5, 5.41) is 2.80. The lowest BCUT2D eigenvalue weighted by Crippen LogP contribution is -2.30. The minimum atomic E-state index is -0.422. The molecule has 0 spiro atoms. The summed E-state index contributed by atoms with van der Waals surface area (Å²) in [6, 6.07) is 15.4. The molecule has 0 atom stereocenters. The fourth-order valence-electron chi connectivity index (χ4n) is 3.13. The van der Waals surface area contributed by atoms with E-state index in [0.717, 1.165) is 15.3 Å². The molecule has 1 N–H and O–H groups in total. The molecule has 5 nitrogen and oxygen atoms in total. The van der Waals surface area contributed by atoms with Crippen molar-refractivity contribution in [3.8, 4) is 0 Å². The zero-order chi connectivity index (χ0) is 19.8. The molecule has 0 fully saturated rings. The first kappa shape index (κ1) is 18.4. The Hall–Kier alpha value is -2.96. The van der Waals surface area contributed by atoms with Gasteiger partial charge in [0.25, 0.3) is 17.7 Å². The summed E-state index contributed by atoms with van der Waals surface area (Å²) in [4.78, 5) is 40.2. The molecular formula is C21H15ClN2O3S. The smallest absolute Gasteiger partial charge is 0.266 e. The molecule has 0 saturated carbocycles. The van der Waals surface area contributed by atoms with Crippen LogP contribution in [0.2, 0.25) is 4.34 Å². The summed E-state index contributed by atoms with van der Waals surface area (Å²) in [5.41, 5.74) is 2.24. The quantitative estimate of drug-likeness (QED) is 0.646. The molecule has 3 amide bonds. The third-order valence-corrected chi connectivity index (χ3v) is 5.79. The Morgan fingerprint density at radius 1 is 1.04 bits per heavy atom. The van der Waals surface area contributed by atoms with Crippen molar-refractivity contribution in [2.45, 2.75) is 13.5 Å². The van der Waals surface area contributed by atoms with Crippen molar-refractivity contribution < 1.29 is 14.4 Å². The van der Waals surface area contributed by atoms with Crippen LogP contribution in [0.4, 0.5) is 5.69 Å². The molecule has 0 bridgehead atoms. The molecule has 0 radical (unpaired) electrons. The highest BCUT2D eigenvalue weighted by Gasteiger charge is 2.37. The monoisotopic (exact) mass is 410 g/mol. The van der Waals surface area contributed by atoms with Crippen molar-refractivity contribution in [3.63, 3.8) is 0 Å². The van der Waals surface area contributed by atoms with Crippen LogP contribution in [0, 0.1) is 6.92 Å². The molecule has 0 saturated heterocycles. The number of nitrogens with zero attached hydrogens (tertiary/aromatic N) is 1. The van der Waals surface area contributed by atoms with E-state index in [1.165, 1.54) is 23.5 Å². The van der Waals surface area contributed by atoms with Crippen molar-refractivity contribution in [1.82, 2.24) is 5.32 Å². The molecule has 2 heterocycles. The SMILES string of the molecule is Cc1ccccc1N1C(=O)c2ccc(C(=O)NCc3ccc(Cl)s3)cc2C1=O. The van der Waals surface area contributed by atoms with Gasteiger partial charge < -0.3 is 5.32 Å². The number of para-hydroxylation sites is 1. The zero-order valence-corrected chi connectivity index (χ0v) is 16.4. The molecule has 0 unspecified atom stereocenters. The highest BCUT2D eigenvalue weighted by molar-refractivity contribution is 7.16. The van der Waals surface area contributed by atoms with E-state index in [2.05, 4.69) is 5.32 Å². The van der Waals surface area contributed by atoms with Gasteiger partial charge in [-0.1, -0.05) is 29.8 Å². The highest BCUT2D eigenvalue weighted by Crippen LogP contribution is 2.31. The summed E-state index contributed by atoms with van der Waals surface area (Å²) < 4.78 is 0.655. The normalized spacial score (nSPS) is 13.0. The lowest BCUT2D eigenvalue weighted by atomic mass is 10.1. The molecule has 3 aromatic rings. The van der Waals surface area contributed by atoms with Gasteiger partial charge in [0.2, 0.25) is 0 Å². The van der Waals surface area contributed by atoms with Crippen LogP contribution in [0.5, 0.6) is 0 Å². The largest absolute Gasteiger partial charge is 0.347 e. The zero-order valence-electron chi connectivity index (χ0n) is 14.9. The number of amides is 3. The van der Waals surface area contributed by atoms with Gasteiger partial charge in [-0.3, -0.25) is 14.4 Å². The number of rotatable bonds is 4. The van der Waals surface area contributed by atoms with Crippen LogP contribution in [0.3, 0.4) is 0 Å². The molecular weight excluding hydrogens is 396 g/mol. The van der Waals surface area contributed by atoms with Crippen LogP contribution in [0.15, 0.2) is 54.6 Å². The third-order valence-electron chi connectivity index (χ3n) is 4.56. The first-order valence-electron chi connectivity index (χ1n) is 8.56. The summed E-state index contributed by atoms with van der Waals surface area (Å²) in [5.74, 6) is -1.12. The van der Waals surface area contributed by atoms with Gasteiger partial charge in [0.05, 0.1) is 27.7 Å². The number of hydrogen-bond donors (Lipinski definition) is 1. The number of benzene rings is 2. The van der Waals surface area contributed by atoms with Crippen LogP contribution >= 0.6 is 22.9 Å². The van der Waals surface area contributed by atoms with Crippen molar-refractivity contribution in [2.24, 2.45) is 0 Å². The lowest BCUT2D eigenvalue weighted by molar-refractivity contribution is 0.0923. The molecule has 4 rings (SSSR count). The third kappa shape index (κ3) is 3.21. The van der Waals surface area contributed by atoms with Crippen molar-refractivity contribution in [1.29, 1.82) is 0 Å². The summed E-state index contributed by atoms with van der Waals surface area (Å²) in [6.07, 6.45) is 0. The maximum absolute atomic E-state index is 12.9. The topological polar surface area (TPSA) is 66.5 Å². The average Bonchev–Trinajstić information content (AvgIpc) is 3.21. The van der Waals surface area contributed by atoms with Gasteiger partial charge in [0.15, 0.2) is 0 Å². The molecule has 2 aromatic carbocycles. The maximum atomic E-state index is 12.9. The Morgan fingerprint density at radius 3 is 2.50 bits per heavy atom. The van der Waals surface area contributed by atoms with Crippen molar-refractivity contribution >= 4 is 46.3 Å². The van der Waals surface area contributed by atoms with Gasteiger partial charge in [0, 0.05) is 10.4 Å². The Kier molecular flexibility index (Phi) is 4.75. The first-order valence-corrected chi connectivity index (χ1v) is 9.76. The van der Waals surface area contributed by atoms with Gasteiger partial charge >= 0.3 is 0 Å². The molecule has 1 aromatic heterocycles. The van der Waals surface area contributed by atoms with Crippen LogP contribution < -0.4 is 10.2 Å². The number of hydrogen-bond acceptors (Lipinski definition) is 4. The van der Waals surface area contributed by atoms with E-state index >= 15 is 0 Å². The van der Waals surface area contributed by atoms with Crippen molar-refractivity contribution in [3.05, 3.63) is 86.1 Å². The standard InChI is InChI=1S/C21H15ClN2O3S/c1-12-4-2-3-5-17(12)24-20(26)15-8-6-13(10-16(15)21(24)27)19(25)23-11-14-7-9-18(22)28-14/h2-10H,11H2,1H3,(H,23,25). The first-order chi connectivity index (χ1) is 13.5. The van der Waals surface area contributed by atoms with Crippen LogP contribution in [0.25, 0.3) is 0 Å². The van der Waals surface area contributed by atoms with Crippen LogP contribution in [0.1, 0.15) is 41.5 Å². The van der Waals surface area contributed by atoms with E-state index in [0.29, 0.717) is 27.7 Å². The maximum Gasteiger partial charge on any atom is 0.266 e. The second kappa shape index (κ2) is 7.22. The number of fused-ring (bicyclic) bond motifs is 1. The Balaban J connectivity index is 1.58. The van der Waals surface area contributed by atoms with Gasteiger partial charge in [-0.25, -0.2) is 4.90 Å². The Morgan fingerprint density at radius 2 is 1.79 bits per heavy atom. The van der Waals surface area contributed by atoms with Crippen LogP contribution in [-0.2, 0) is 6.54 Å².